The highest BCUT2D eigenvalue weighted by Gasteiger charge is 2.32. The normalized spacial score (nSPS) is 20.6. The number of carbonyl (C=O) groups is 1. The van der Waals surface area contributed by atoms with E-state index in [1.165, 1.54) is 11.1 Å². The first-order valence-corrected chi connectivity index (χ1v) is 7.24. The Bertz CT molecular complexity index is 473. The molecule has 0 heterocycles. The van der Waals surface area contributed by atoms with E-state index < -0.39 is 0 Å². The van der Waals surface area contributed by atoms with Crippen molar-refractivity contribution in [2.45, 2.75) is 44.6 Å². The molecule has 0 fully saturated rings. The number of ether oxygens (including phenoxy) is 2. The molecule has 110 valence electrons. The van der Waals surface area contributed by atoms with E-state index in [0.717, 1.165) is 25.0 Å². The van der Waals surface area contributed by atoms with Gasteiger partial charge in [-0.25, -0.2) is 0 Å². The molecule has 20 heavy (non-hydrogen) atoms. The molecule has 0 bridgehead atoms. The first-order valence-electron chi connectivity index (χ1n) is 7.24. The molecule has 0 aliphatic heterocycles. The van der Waals surface area contributed by atoms with E-state index in [9.17, 15) is 4.79 Å². The van der Waals surface area contributed by atoms with Crippen molar-refractivity contribution in [1.29, 1.82) is 0 Å². The molecule has 1 aromatic rings. The molecule has 0 saturated carbocycles. The molecule has 1 aromatic carbocycles. The molecule has 1 aliphatic carbocycles. The number of fused-ring (bicyclic) bond motifs is 1. The topological polar surface area (TPSA) is 61.5 Å². The van der Waals surface area contributed by atoms with Gasteiger partial charge in [0.15, 0.2) is 0 Å². The molecule has 0 aromatic heterocycles. The molecule has 0 spiro atoms. The van der Waals surface area contributed by atoms with Gasteiger partial charge < -0.3 is 15.2 Å². The van der Waals surface area contributed by atoms with E-state index in [1.807, 2.05) is 19.1 Å². The number of hydrogen-bond donors (Lipinski definition) is 1. The van der Waals surface area contributed by atoms with Gasteiger partial charge in [0.25, 0.3) is 0 Å². The Hall–Kier alpha value is -1.55. The molecular weight excluding hydrogens is 254 g/mol. The number of hydrogen-bond acceptors (Lipinski definition) is 4. The summed E-state index contributed by atoms with van der Waals surface area (Å²) in [5.41, 5.74) is 8.76. The molecule has 2 unspecified atom stereocenters. The average molecular weight is 277 g/mol. The predicted molar refractivity (Wildman–Crippen MR) is 77.9 cm³/mol. The van der Waals surface area contributed by atoms with Crippen LogP contribution in [0.25, 0.3) is 0 Å². The first kappa shape index (κ1) is 14.9. The van der Waals surface area contributed by atoms with Gasteiger partial charge in [-0.1, -0.05) is 12.1 Å². The van der Waals surface area contributed by atoms with Gasteiger partial charge in [0.1, 0.15) is 5.75 Å². The highest BCUT2D eigenvalue weighted by Crippen LogP contribution is 2.41. The number of rotatable bonds is 6. The summed E-state index contributed by atoms with van der Waals surface area (Å²) in [6, 6.07) is 6.22. The summed E-state index contributed by atoms with van der Waals surface area (Å²) in [5.74, 6) is 1.06. The molecule has 0 amide bonds. The molecule has 0 saturated heterocycles. The Morgan fingerprint density at radius 1 is 1.45 bits per heavy atom. The van der Waals surface area contributed by atoms with Crippen LogP contribution in [0.15, 0.2) is 18.2 Å². The van der Waals surface area contributed by atoms with E-state index in [1.54, 1.807) is 7.11 Å². The van der Waals surface area contributed by atoms with Gasteiger partial charge in [0, 0.05) is 23.9 Å². The largest absolute Gasteiger partial charge is 0.496 e. The van der Waals surface area contributed by atoms with Gasteiger partial charge in [-0.2, -0.15) is 0 Å². The van der Waals surface area contributed by atoms with Crippen molar-refractivity contribution < 1.29 is 14.3 Å². The van der Waals surface area contributed by atoms with Crippen LogP contribution >= 0.6 is 0 Å². The lowest BCUT2D eigenvalue weighted by atomic mass is 9.92. The minimum Gasteiger partial charge on any atom is -0.496 e. The minimum absolute atomic E-state index is 0.114. The zero-order valence-electron chi connectivity index (χ0n) is 12.2. The van der Waals surface area contributed by atoms with Crippen LogP contribution in [0.2, 0.25) is 0 Å². The summed E-state index contributed by atoms with van der Waals surface area (Å²) < 4.78 is 10.4. The monoisotopic (exact) mass is 277 g/mol. The van der Waals surface area contributed by atoms with Crippen LogP contribution in [-0.2, 0) is 16.0 Å². The Morgan fingerprint density at radius 2 is 2.25 bits per heavy atom. The van der Waals surface area contributed by atoms with Crippen molar-refractivity contribution in [1.82, 2.24) is 0 Å². The summed E-state index contributed by atoms with van der Waals surface area (Å²) in [6.45, 7) is 2.27. The van der Waals surface area contributed by atoms with E-state index in [2.05, 4.69) is 6.07 Å². The van der Waals surface area contributed by atoms with Crippen molar-refractivity contribution in [2.24, 2.45) is 5.73 Å². The molecular formula is C16H23NO3. The maximum Gasteiger partial charge on any atom is 0.305 e. The fourth-order valence-electron chi connectivity index (χ4n) is 3.03. The maximum atomic E-state index is 11.4. The lowest BCUT2D eigenvalue weighted by Gasteiger charge is -2.18. The number of nitrogens with two attached hydrogens (primary N) is 1. The second-order valence-corrected chi connectivity index (χ2v) is 5.20. The van der Waals surface area contributed by atoms with Gasteiger partial charge in [0.2, 0.25) is 0 Å². The lowest BCUT2D eigenvalue weighted by molar-refractivity contribution is -0.143. The van der Waals surface area contributed by atoms with Crippen molar-refractivity contribution in [3.63, 3.8) is 0 Å². The van der Waals surface area contributed by atoms with Crippen LogP contribution in [0, 0.1) is 0 Å². The molecule has 1 aliphatic rings. The van der Waals surface area contributed by atoms with Crippen LogP contribution in [0.5, 0.6) is 5.75 Å². The third-order valence-electron chi connectivity index (χ3n) is 3.92. The van der Waals surface area contributed by atoms with Gasteiger partial charge in [-0.15, -0.1) is 0 Å². The Kier molecular flexibility index (Phi) is 5.01. The minimum atomic E-state index is -0.126. The van der Waals surface area contributed by atoms with E-state index in [4.69, 9.17) is 15.2 Å². The number of methoxy groups -OCH3 is 1. The van der Waals surface area contributed by atoms with Crippen LogP contribution in [0.4, 0.5) is 0 Å². The summed E-state index contributed by atoms with van der Waals surface area (Å²) in [6.07, 6.45) is 3.04. The highest BCUT2D eigenvalue weighted by molar-refractivity contribution is 5.69. The Balaban J connectivity index is 2.01. The molecule has 2 atom stereocenters. The number of esters is 1. The van der Waals surface area contributed by atoms with Crippen molar-refractivity contribution in [2.75, 3.05) is 13.7 Å². The quantitative estimate of drug-likeness (QED) is 0.811. The Labute approximate surface area is 120 Å². The first-order chi connectivity index (χ1) is 9.67. The summed E-state index contributed by atoms with van der Waals surface area (Å²) in [5, 5.41) is 0. The fourth-order valence-corrected chi connectivity index (χ4v) is 3.03. The smallest absolute Gasteiger partial charge is 0.305 e. The maximum absolute atomic E-state index is 11.4. The second kappa shape index (κ2) is 6.75. The Morgan fingerprint density at radius 3 is 2.95 bits per heavy atom. The molecule has 4 heteroatoms. The summed E-state index contributed by atoms with van der Waals surface area (Å²) >= 11 is 0. The van der Waals surface area contributed by atoms with E-state index >= 15 is 0 Å². The van der Waals surface area contributed by atoms with Gasteiger partial charge >= 0.3 is 5.97 Å². The summed E-state index contributed by atoms with van der Waals surface area (Å²) in [4.78, 5) is 11.4. The highest BCUT2D eigenvalue weighted by atomic mass is 16.5. The number of carbonyl (C=O) groups excluding carboxylic acids is 1. The van der Waals surface area contributed by atoms with Gasteiger partial charge in [-0.05, 0) is 37.8 Å². The zero-order chi connectivity index (χ0) is 14.5. The van der Waals surface area contributed by atoms with E-state index in [0.29, 0.717) is 13.0 Å². The third-order valence-corrected chi connectivity index (χ3v) is 3.92. The van der Waals surface area contributed by atoms with Crippen molar-refractivity contribution in [3.8, 4) is 5.75 Å². The molecule has 0 radical (unpaired) electrons. The van der Waals surface area contributed by atoms with Gasteiger partial charge in [0.05, 0.1) is 13.7 Å². The summed E-state index contributed by atoms with van der Waals surface area (Å²) in [7, 11) is 1.69. The standard InChI is InChI=1S/C16H23NO3/c1-3-20-15(18)9-5-7-12-13(17)10-11-6-4-8-14(19-2)16(11)12/h4,6,8,12-13H,3,5,7,9-10,17H2,1-2H3. The van der Waals surface area contributed by atoms with Gasteiger partial charge in [-0.3, -0.25) is 4.79 Å². The van der Waals surface area contributed by atoms with Crippen molar-refractivity contribution in [3.05, 3.63) is 29.3 Å². The van der Waals surface area contributed by atoms with Crippen molar-refractivity contribution >= 4 is 5.97 Å². The molecule has 4 nitrogen and oxygen atoms in total. The van der Waals surface area contributed by atoms with Crippen LogP contribution in [-0.4, -0.2) is 25.7 Å². The third kappa shape index (κ3) is 3.12. The fraction of sp³-hybridized carbons (Fsp3) is 0.562. The van der Waals surface area contributed by atoms with Crippen LogP contribution in [0.3, 0.4) is 0 Å². The lowest BCUT2D eigenvalue weighted by Crippen LogP contribution is -2.25. The predicted octanol–water partition coefficient (Wildman–Crippen LogP) is 2.40. The zero-order valence-corrected chi connectivity index (χ0v) is 12.2. The van der Waals surface area contributed by atoms with Crippen LogP contribution in [0.1, 0.15) is 43.2 Å². The SMILES string of the molecule is CCOC(=O)CCCC1c2c(cccc2OC)CC1N. The number of benzene rings is 1. The molecule has 2 rings (SSSR count). The second-order valence-electron chi connectivity index (χ2n) is 5.20. The van der Waals surface area contributed by atoms with Crippen LogP contribution < -0.4 is 10.5 Å². The average Bonchev–Trinajstić information content (AvgIpc) is 2.75. The molecule has 2 N–H and O–H groups in total. The van der Waals surface area contributed by atoms with E-state index in [-0.39, 0.29) is 17.9 Å².